The summed E-state index contributed by atoms with van der Waals surface area (Å²) in [5.41, 5.74) is 7.42. The Hall–Kier alpha value is -1.45. The van der Waals surface area contributed by atoms with Gasteiger partial charge in [0.25, 0.3) is 0 Å². The van der Waals surface area contributed by atoms with Gasteiger partial charge in [0.2, 0.25) is 0 Å². The summed E-state index contributed by atoms with van der Waals surface area (Å²) in [7, 11) is -0.650. The van der Waals surface area contributed by atoms with Gasteiger partial charge in [0.05, 0.1) is 24.2 Å². The second-order valence-corrected chi connectivity index (χ2v) is 12.0. The predicted octanol–water partition coefficient (Wildman–Crippen LogP) is 4.12. The minimum Gasteiger partial charge on any atom is -0.434 e. The van der Waals surface area contributed by atoms with Crippen LogP contribution in [0.4, 0.5) is 14.5 Å². The van der Waals surface area contributed by atoms with Crippen molar-refractivity contribution in [2.75, 3.05) is 43.1 Å². The third-order valence-corrected chi connectivity index (χ3v) is 5.70. The molecule has 0 saturated carbocycles. The molecule has 0 radical (unpaired) electrons. The predicted molar refractivity (Wildman–Crippen MR) is 107 cm³/mol. The fraction of sp³-hybridized carbons (Fsp3) is 0.471. The first-order valence-electron chi connectivity index (χ1n) is 7.89. The molecular weight excluding hydrogens is 380 g/mol. The van der Waals surface area contributed by atoms with Crippen LogP contribution in [0.15, 0.2) is 29.3 Å². The van der Waals surface area contributed by atoms with E-state index in [0.717, 1.165) is 10.6 Å². The van der Waals surface area contributed by atoms with Crippen LogP contribution < -0.4 is 10.5 Å². The van der Waals surface area contributed by atoms with Crippen molar-refractivity contribution in [3.05, 3.63) is 24.4 Å². The number of nitrogens with zero attached hydrogens (tertiary/aromatic N) is 2. The van der Waals surface area contributed by atoms with Gasteiger partial charge in [0.1, 0.15) is 12.5 Å². The molecule has 0 saturated heterocycles. The monoisotopic (exact) mass is 405 g/mol. The van der Waals surface area contributed by atoms with Crippen molar-refractivity contribution in [2.45, 2.75) is 18.2 Å². The van der Waals surface area contributed by atoms with E-state index in [9.17, 15) is 8.78 Å². The molecule has 1 heterocycles. The highest BCUT2D eigenvalue weighted by Gasteiger charge is 2.19. The average molecular weight is 406 g/mol. The molecule has 1 aromatic carbocycles. The number of ether oxygens (including phenoxy) is 2. The molecule has 2 rings (SSSR count). The van der Waals surface area contributed by atoms with Crippen LogP contribution in [-0.2, 0) is 11.5 Å². The van der Waals surface area contributed by atoms with Crippen molar-refractivity contribution in [2.24, 2.45) is 0 Å². The van der Waals surface area contributed by atoms with Gasteiger partial charge in [0.15, 0.2) is 0 Å². The van der Waals surface area contributed by atoms with Gasteiger partial charge in [-0.25, -0.2) is 14.7 Å². The molecule has 2 N–H and O–H groups in total. The van der Waals surface area contributed by atoms with E-state index in [1.807, 2.05) is 6.26 Å². The molecule has 26 heavy (non-hydrogen) atoms. The van der Waals surface area contributed by atoms with Gasteiger partial charge in [-0.3, -0.25) is 0 Å². The number of anilines is 1. The molecule has 2 aromatic rings. The first kappa shape index (κ1) is 20.9. The van der Waals surface area contributed by atoms with E-state index in [4.69, 9.17) is 10.5 Å². The van der Waals surface area contributed by atoms with Gasteiger partial charge in [-0.2, -0.15) is 13.9 Å². The Morgan fingerprint density at radius 3 is 2.65 bits per heavy atom. The number of hydrogen-bond acceptors (Lipinski definition) is 5. The topological polar surface area (TPSA) is 62.3 Å². The molecule has 0 bridgehead atoms. The van der Waals surface area contributed by atoms with Crippen molar-refractivity contribution in [1.29, 1.82) is 0 Å². The minimum absolute atomic E-state index is 0.0605. The minimum atomic E-state index is -2.92. The van der Waals surface area contributed by atoms with Crippen molar-refractivity contribution in [3.8, 4) is 17.0 Å². The zero-order valence-corrected chi connectivity index (χ0v) is 17.0. The van der Waals surface area contributed by atoms with Crippen LogP contribution in [0, 0.1) is 0 Å². The van der Waals surface area contributed by atoms with E-state index in [1.54, 1.807) is 16.8 Å². The zero-order chi connectivity index (χ0) is 19.3. The Balaban J connectivity index is 2.29. The standard InChI is InChI=1S/C17H25F2N3O2S2/c1-25-12-5-6-15(24-17(18)19)13(9-12)16-14(20)10-21-22(16)11-23-7-8-26(2,3)4/h5-6,9-10,17H,7-8,11,20H2,1-4H3. The van der Waals surface area contributed by atoms with Crippen LogP contribution in [-0.4, -0.2) is 53.8 Å². The number of benzene rings is 1. The number of nitrogens with two attached hydrogens (primary N) is 1. The summed E-state index contributed by atoms with van der Waals surface area (Å²) in [5, 5.41) is 4.23. The molecule has 0 aliphatic rings. The third-order valence-electron chi connectivity index (χ3n) is 3.58. The van der Waals surface area contributed by atoms with Crippen molar-refractivity contribution in [1.82, 2.24) is 9.78 Å². The van der Waals surface area contributed by atoms with Crippen molar-refractivity contribution < 1.29 is 18.3 Å². The maximum Gasteiger partial charge on any atom is 0.387 e. The van der Waals surface area contributed by atoms with Crippen LogP contribution >= 0.6 is 21.8 Å². The molecule has 0 amide bonds. The second kappa shape index (κ2) is 8.96. The largest absolute Gasteiger partial charge is 0.434 e. The highest BCUT2D eigenvalue weighted by Crippen LogP contribution is 2.37. The van der Waals surface area contributed by atoms with Crippen LogP contribution in [0.5, 0.6) is 5.75 Å². The number of nitrogen functional groups attached to an aromatic ring is 1. The van der Waals surface area contributed by atoms with Gasteiger partial charge in [-0.1, -0.05) is 0 Å². The van der Waals surface area contributed by atoms with Gasteiger partial charge >= 0.3 is 6.61 Å². The van der Waals surface area contributed by atoms with E-state index in [2.05, 4.69) is 28.6 Å². The first-order chi connectivity index (χ1) is 12.2. The number of aromatic nitrogens is 2. The summed E-state index contributed by atoms with van der Waals surface area (Å²) < 4.78 is 37.5. The molecule has 1 aromatic heterocycles. The number of thioether (sulfide) groups is 1. The van der Waals surface area contributed by atoms with E-state index in [0.29, 0.717) is 23.6 Å². The van der Waals surface area contributed by atoms with Crippen LogP contribution in [0.3, 0.4) is 0 Å². The summed E-state index contributed by atoms with van der Waals surface area (Å²) in [4.78, 5) is 0.908. The highest BCUT2D eigenvalue weighted by molar-refractivity contribution is 8.32. The highest BCUT2D eigenvalue weighted by atomic mass is 32.3. The molecule has 0 spiro atoms. The van der Waals surface area contributed by atoms with E-state index >= 15 is 0 Å². The lowest BCUT2D eigenvalue weighted by Crippen LogP contribution is -2.12. The SMILES string of the molecule is CSc1ccc(OC(F)F)c(-c2c(N)cnn2COCCS(C)(C)C)c1. The van der Waals surface area contributed by atoms with Gasteiger partial charge in [-0.15, -0.1) is 11.8 Å². The molecule has 0 unspecified atom stereocenters. The second-order valence-electron chi connectivity index (χ2n) is 6.52. The summed E-state index contributed by atoms with van der Waals surface area (Å²) in [6.07, 6.45) is 10.1. The Morgan fingerprint density at radius 1 is 1.31 bits per heavy atom. The third kappa shape index (κ3) is 5.78. The Morgan fingerprint density at radius 2 is 2.04 bits per heavy atom. The van der Waals surface area contributed by atoms with Gasteiger partial charge in [0, 0.05) is 16.2 Å². The average Bonchev–Trinajstić information content (AvgIpc) is 2.91. The maximum absolute atomic E-state index is 12.8. The van der Waals surface area contributed by atoms with Crippen molar-refractivity contribution >= 4 is 27.5 Å². The molecular formula is C17H25F2N3O2S2. The summed E-state index contributed by atoms with van der Waals surface area (Å²) in [6.45, 7) is -2.12. The van der Waals surface area contributed by atoms with Crippen LogP contribution in [0.25, 0.3) is 11.3 Å². The lowest BCUT2D eigenvalue weighted by Gasteiger charge is -2.24. The van der Waals surface area contributed by atoms with Crippen LogP contribution in [0.1, 0.15) is 0 Å². The molecule has 0 aliphatic carbocycles. The molecule has 0 atom stereocenters. The zero-order valence-electron chi connectivity index (χ0n) is 15.4. The number of alkyl halides is 2. The molecule has 5 nitrogen and oxygen atoms in total. The lowest BCUT2D eigenvalue weighted by molar-refractivity contribution is -0.0495. The van der Waals surface area contributed by atoms with Gasteiger partial charge in [-0.05, 0) is 43.2 Å². The summed E-state index contributed by atoms with van der Waals surface area (Å²) in [5.74, 6) is 1.03. The number of halogens is 2. The molecule has 0 aliphatic heterocycles. The Kier molecular flexibility index (Phi) is 7.19. The summed E-state index contributed by atoms with van der Waals surface area (Å²) >= 11 is 1.50. The fourth-order valence-corrected chi connectivity index (χ4v) is 3.33. The fourth-order valence-electron chi connectivity index (χ4n) is 2.27. The molecule has 0 fully saturated rings. The smallest absolute Gasteiger partial charge is 0.387 e. The number of rotatable bonds is 9. The first-order valence-corrected chi connectivity index (χ1v) is 12.1. The maximum atomic E-state index is 12.8. The Labute approximate surface area is 158 Å². The quantitative estimate of drug-likeness (QED) is 0.502. The van der Waals surface area contributed by atoms with E-state index in [1.165, 1.54) is 24.0 Å². The summed E-state index contributed by atoms with van der Waals surface area (Å²) in [6, 6.07) is 5.02. The van der Waals surface area contributed by atoms with Crippen molar-refractivity contribution in [3.63, 3.8) is 0 Å². The van der Waals surface area contributed by atoms with Gasteiger partial charge < -0.3 is 15.2 Å². The number of hydrogen-bond donors (Lipinski definition) is 1. The molecule has 9 heteroatoms. The van der Waals surface area contributed by atoms with E-state index in [-0.39, 0.29) is 12.5 Å². The van der Waals surface area contributed by atoms with E-state index < -0.39 is 16.6 Å². The molecule has 146 valence electrons. The Bertz CT molecular complexity index is 733. The normalized spacial score (nSPS) is 12.6. The lowest BCUT2D eigenvalue weighted by atomic mass is 10.1. The van der Waals surface area contributed by atoms with Crippen LogP contribution in [0.2, 0.25) is 0 Å².